The zero-order valence-electron chi connectivity index (χ0n) is 12.8. The minimum absolute atomic E-state index is 0.0856. The quantitative estimate of drug-likeness (QED) is 0.937. The Hall–Kier alpha value is -2.36. The Morgan fingerprint density at radius 1 is 1.24 bits per heavy atom. The van der Waals surface area contributed by atoms with Gasteiger partial charge in [-0.1, -0.05) is 18.2 Å². The van der Waals surface area contributed by atoms with Crippen LogP contribution >= 0.6 is 0 Å². The summed E-state index contributed by atoms with van der Waals surface area (Å²) in [6.45, 7) is 5.66. The first kappa shape index (κ1) is 15.0. The van der Waals surface area contributed by atoms with Crippen molar-refractivity contribution < 1.29 is 9.53 Å². The van der Waals surface area contributed by atoms with E-state index in [0.717, 1.165) is 16.9 Å². The van der Waals surface area contributed by atoms with Crippen molar-refractivity contribution in [2.75, 3.05) is 12.4 Å². The largest absolute Gasteiger partial charge is 0.496 e. The fourth-order valence-electron chi connectivity index (χ4n) is 2.19. The van der Waals surface area contributed by atoms with Gasteiger partial charge in [0.2, 0.25) is 5.91 Å². The third kappa shape index (κ3) is 3.21. The summed E-state index contributed by atoms with van der Waals surface area (Å²) in [5.74, 6) is 0.626. The number of hydrogen-bond donors (Lipinski definition) is 1. The maximum absolute atomic E-state index is 12.6. The summed E-state index contributed by atoms with van der Waals surface area (Å²) >= 11 is 0. The number of aromatic nitrogens is 1. The minimum Gasteiger partial charge on any atom is -0.496 e. The van der Waals surface area contributed by atoms with Gasteiger partial charge < -0.3 is 10.1 Å². The van der Waals surface area contributed by atoms with Crippen molar-refractivity contribution in [1.82, 2.24) is 4.98 Å². The number of methoxy groups -OCH3 is 1. The lowest BCUT2D eigenvalue weighted by molar-refractivity contribution is -0.120. The summed E-state index contributed by atoms with van der Waals surface area (Å²) in [4.78, 5) is 16.8. The first-order chi connectivity index (χ1) is 9.95. The van der Waals surface area contributed by atoms with Crippen LogP contribution in [0.4, 0.5) is 5.69 Å². The number of carbonyl (C=O) groups is 1. The van der Waals surface area contributed by atoms with Gasteiger partial charge in [-0.05, 0) is 39.0 Å². The first-order valence-electron chi connectivity index (χ1n) is 6.83. The number of hydrogen-bond acceptors (Lipinski definition) is 3. The van der Waals surface area contributed by atoms with Crippen molar-refractivity contribution in [3.63, 3.8) is 0 Å². The van der Waals surface area contributed by atoms with Gasteiger partial charge in [0.1, 0.15) is 5.75 Å². The fourth-order valence-corrected chi connectivity index (χ4v) is 2.19. The van der Waals surface area contributed by atoms with Gasteiger partial charge in [0.25, 0.3) is 0 Å². The zero-order valence-corrected chi connectivity index (χ0v) is 12.8. The molecule has 4 heteroatoms. The van der Waals surface area contributed by atoms with Crippen LogP contribution < -0.4 is 10.1 Å². The van der Waals surface area contributed by atoms with Crippen molar-refractivity contribution in [3.05, 3.63) is 53.9 Å². The number of para-hydroxylation sites is 1. The van der Waals surface area contributed by atoms with Crippen molar-refractivity contribution in [3.8, 4) is 5.75 Å². The summed E-state index contributed by atoms with van der Waals surface area (Å²) in [6.07, 6.45) is 1.68. The molecule has 0 aliphatic carbocycles. The van der Waals surface area contributed by atoms with E-state index in [1.807, 2.05) is 51.1 Å². The van der Waals surface area contributed by atoms with E-state index < -0.39 is 5.41 Å². The predicted molar refractivity (Wildman–Crippen MR) is 83.6 cm³/mol. The van der Waals surface area contributed by atoms with E-state index in [9.17, 15) is 4.79 Å². The highest BCUT2D eigenvalue weighted by atomic mass is 16.5. The highest BCUT2D eigenvalue weighted by Gasteiger charge is 2.32. The number of anilines is 1. The molecule has 0 saturated carbocycles. The molecular formula is C17H20N2O2. The Morgan fingerprint density at radius 2 is 1.95 bits per heavy atom. The van der Waals surface area contributed by atoms with E-state index in [1.54, 1.807) is 19.4 Å². The van der Waals surface area contributed by atoms with E-state index >= 15 is 0 Å². The first-order valence-corrected chi connectivity index (χ1v) is 6.83. The summed E-state index contributed by atoms with van der Waals surface area (Å²) in [5, 5.41) is 2.94. The third-order valence-electron chi connectivity index (χ3n) is 3.50. The molecule has 2 rings (SSSR count). The maximum atomic E-state index is 12.6. The topological polar surface area (TPSA) is 51.2 Å². The summed E-state index contributed by atoms with van der Waals surface area (Å²) in [6, 6.07) is 11.2. The minimum atomic E-state index is -0.705. The van der Waals surface area contributed by atoms with Crippen LogP contribution in [-0.4, -0.2) is 18.0 Å². The number of nitrogens with zero attached hydrogens (tertiary/aromatic N) is 1. The number of aryl methyl sites for hydroxylation is 1. The van der Waals surface area contributed by atoms with Gasteiger partial charge in [-0.25, -0.2) is 0 Å². The second-order valence-corrected chi connectivity index (χ2v) is 5.47. The van der Waals surface area contributed by atoms with E-state index in [-0.39, 0.29) is 5.91 Å². The van der Waals surface area contributed by atoms with Crippen LogP contribution in [0.5, 0.6) is 5.75 Å². The third-order valence-corrected chi connectivity index (χ3v) is 3.50. The van der Waals surface area contributed by atoms with Crippen LogP contribution in [0.2, 0.25) is 0 Å². The van der Waals surface area contributed by atoms with Crippen LogP contribution in [0.15, 0.2) is 42.6 Å². The van der Waals surface area contributed by atoms with Gasteiger partial charge in [-0.3, -0.25) is 9.78 Å². The molecule has 0 spiro atoms. The molecular weight excluding hydrogens is 264 g/mol. The van der Waals surface area contributed by atoms with Crippen molar-refractivity contribution in [2.24, 2.45) is 0 Å². The number of rotatable bonds is 4. The van der Waals surface area contributed by atoms with E-state index in [2.05, 4.69) is 10.3 Å². The smallest absolute Gasteiger partial charge is 0.234 e. The fraction of sp³-hybridized carbons (Fsp3) is 0.294. The molecule has 0 bridgehead atoms. The van der Waals surface area contributed by atoms with Gasteiger partial charge in [-0.2, -0.15) is 0 Å². The Kier molecular flexibility index (Phi) is 4.26. The highest BCUT2D eigenvalue weighted by molar-refractivity contribution is 5.99. The predicted octanol–water partition coefficient (Wildman–Crippen LogP) is 3.31. The van der Waals surface area contributed by atoms with Crippen LogP contribution in [-0.2, 0) is 10.2 Å². The average Bonchev–Trinajstić information content (AvgIpc) is 2.47. The van der Waals surface area contributed by atoms with Gasteiger partial charge in [0, 0.05) is 23.1 Å². The van der Waals surface area contributed by atoms with Crippen LogP contribution in [0, 0.1) is 6.92 Å². The van der Waals surface area contributed by atoms with Gasteiger partial charge in [-0.15, -0.1) is 0 Å². The average molecular weight is 284 g/mol. The number of ether oxygens (including phenoxy) is 1. The van der Waals surface area contributed by atoms with Crippen LogP contribution in [0.25, 0.3) is 0 Å². The molecule has 0 atom stereocenters. The second-order valence-electron chi connectivity index (χ2n) is 5.47. The molecule has 1 aromatic heterocycles. The molecule has 110 valence electrons. The van der Waals surface area contributed by atoms with Gasteiger partial charge in [0.05, 0.1) is 12.5 Å². The molecule has 0 unspecified atom stereocenters. The highest BCUT2D eigenvalue weighted by Crippen LogP contribution is 2.32. The number of pyridine rings is 1. The van der Waals surface area contributed by atoms with Crippen molar-refractivity contribution >= 4 is 11.6 Å². The van der Waals surface area contributed by atoms with Crippen molar-refractivity contribution in [2.45, 2.75) is 26.2 Å². The van der Waals surface area contributed by atoms with E-state index in [1.165, 1.54) is 0 Å². The SMILES string of the molecule is COc1ccccc1C(C)(C)C(=O)Nc1ccnc(C)c1. The lowest BCUT2D eigenvalue weighted by Gasteiger charge is -2.26. The Labute approximate surface area is 125 Å². The van der Waals surface area contributed by atoms with Crippen molar-refractivity contribution in [1.29, 1.82) is 0 Å². The number of benzene rings is 1. The molecule has 21 heavy (non-hydrogen) atoms. The Balaban J connectivity index is 2.28. The molecule has 1 N–H and O–H groups in total. The zero-order chi connectivity index (χ0) is 15.5. The standard InChI is InChI=1S/C17H20N2O2/c1-12-11-13(9-10-18-12)19-16(20)17(2,3)14-7-5-6-8-15(14)21-4/h5-11H,1-4H3,(H,18,19,20). The molecule has 0 saturated heterocycles. The molecule has 1 heterocycles. The number of amides is 1. The summed E-state index contributed by atoms with van der Waals surface area (Å²) < 4.78 is 5.36. The molecule has 4 nitrogen and oxygen atoms in total. The molecule has 2 aromatic rings. The van der Waals surface area contributed by atoms with E-state index in [0.29, 0.717) is 5.75 Å². The molecule has 1 aromatic carbocycles. The molecule has 0 aliphatic rings. The summed E-state index contributed by atoms with van der Waals surface area (Å²) in [5.41, 5.74) is 1.76. The Bertz CT molecular complexity index is 651. The Morgan fingerprint density at radius 3 is 2.62 bits per heavy atom. The molecule has 1 amide bonds. The summed E-state index contributed by atoms with van der Waals surface area (Å²) in [7, 11) is 1.61. The second kappa shape index (κ2) is 5.95. The van der Waals surface area contributed by atoms with Crippen LogP contribution in [0.3, 0.4) is 0 Å². The van der Waals surface area contributed by atoms with Gasteiger partial charge >= 0.3 is 0 Å². The lowest BCUT2D eigenvalue weighted by Crippen LogP contribution is -2.35. The molecule has 0 aliphatic heterocycles. The van der Waals surface area contributed by atoms with Gasteiger partial charge in [0.15, 0.2) is 0 Å². The molecule has 0 radical (unpaired) electrons. The normalized spacial score (nSPS) is 11.0. The monoisotopic (exact) mass is 284 g/mol. The maximum Gasteiger partial charge on any atom is 0.234 e. The van der Waals surface area contributed by atoms with E-state index in [4.69, 9.17) is 4.74 Å². The number of carbonyl (C=O) groups excluding carboxylic acids is 1. The number of nitrogens with one attached hydrogen (secondary N) is 1. The lowest BCUT2D eigenvalue weighted by atomic mass is 9.83. The molecule has 0 fully saturated rings. The van der Waals surface area contributed by atoms with Crippen LogP contribution in [0.1, 0.15) is 25.1 Å².